The third kappa shape index (κ3) is 3.26. The van der Waals surface area contributed by atoms with Crippen LogP contribution < -0.4 is 10.5 Å². The number of rotatable bonds is 3. The summed E-state index contributed by atoms with van der Waals surface area (Å²) in [6.07, 6.45) is 0. The number of nitrogens with two attached hydrogens (primary N) is 1. The van der Waals surface area contributed by atoms with Crippen molar-refractivity contribution >= 4 is 5.69 Å². The molecular formula is C11H17NO2. The zero-order chi connectivity index (χ0) is 10.8. The fourth-order valence-corrected chi connectivity index (χ4v) is 1.09. The second-order valence-corrected chi connectivity index (χ2v) is 4.13. The van der Waals surface area contributed by atoms with Crippen molar-refractivity contribution in [3.63, 3.8) is 0 Å². The van der Waals surface area contributed by atoms with Gasteiger partial charge in [0.2, 0.25) is 0 Å². The van der Waals surface area contributed by atoms with Gasteiger partial charge in [-0.25, -0.2) is 0 Å². The van der Waals surface area contributed by atoms with Crippen LogP contribution in [0.2, 0.25) is 0 Å². The Morgan fingerprint density at radius 3 is 2.57 bits per heavy atom. The Labute approximate surface area is 84.5 Å². The van der Waals surface area contributed by atoms with Crippen molar-refractivity contribution in [2.24, 2.45) is 0 Å². The van der Waals surface area contributed by atoms with Crippen molar-refractivity contribution in [3.8, 4) is 5.75 Å². The summed E-state index contributed by atoms with van der Waals surface area (Å²) < 4.78 is 5.45. The highest BCUT2D eigenvalue weighted by Gasteiger charge is 2.13. The molecule has 0 radical (unpaired) electrons. The molecule has 0 heterocycles. The van der Waals surface area contributed by atoms with Crippen molar-refractivity contribution in [3.05, 3.63) is 23.8 Å². The van der Waals surface area contributed by atoms with E-state index in [1.54, 1.807) is 19.9 Å². The smallest absolute Gasteiger partial charge is 0.122 e. The van der Waals surface area contributed by atoms with E-state index in [2.05, 4.69) is 0 Å². The summed E-state index contributed by atoms with van der Waals surface area (Å²) in [5.41, 5.74) is 6.49. The molecule has 3 heteroatoms. The molecule has 3 N–H and O–H groups in total. The highest BCUT2D eigenvalue weighted by Crippen LogP contribution is 2.21. The van der Waals surface area contributed by atoms with Crippen LogP contribution in [0.4, 0.5) is 5.69 Å². The Balaban J connectivity index is 2.68. The van der Waals surface area contributed by atoms with Gasteiger partial charge in [0.05, 0.1) is 5.60 Å². The van der Waals surface area contributed by atoms with Crippen molar-refractivity contribution < 1.29 is 9.84 Å². The van der Waals surface area contributed by atoms with E-state index in [1.165, 1.54) is 0 Å². The van der Waals surface area contributed by atoms with Gasteiger partial charge in [-0.2, -0.15) is 0 Å². The van der Waals surface area contributed by atoms with Gasteiger partial charge in [-0.15, -0.1) is 0 Å². The standard InChI is InChI=1S/C11H17NO2/c1-8-6-9(12)4-5-10(8)14-7-11(2,3)13/h4-6,13H,7,12H2,1-3H3. The summed E-state index contributed by atoms with van der Waals surface area (Å²) in [5.74, 6) is 0.765. The fraction of sp³-hybridized carbons (Fsp3) is 0.455. The maximum Gasteiger partial charge on any atom is 0.122 e. The number of benzene rings is 1. The number of ether oxygens (including phenoxy) is 1. The number of hydrogen-bond acceptors (Lipinski definition) is 3. The topological polar surface area (TPSA) is 55.5 Å². The van der Waals surface area contributed by atoms with Crippen LogP contribution in [0.15, 0.2) is 18.2 Å². The van der Waals surface area contributed by atoms with Crippen LogP contribution in [-0.2, 0) is 0 Å². The van der Waals surface area contributed by atoms with Gasteiger partial charge < -0.3 is 15.6 Å². The number of nitrogen functional groups attached to an aromatic ring is 1. The molecule has 0 aliphatic carbocycles. The van der Waals surface area contributed by atoms with E-state index in [0.717, 1.165) is 17.0 Å². The first-order valence-corrected chi connectivity index (χ1v) is 4.60. The summed E-state index contributed by atoms with van der Waals surface area (Å²) in [6, 6.07) is 5.45. The van der Waals surface area contributed by atoms with Crippen molar-refractivity contribution in [2.45, 2.75) is 26.4 Å². The van der Waals surface area contributed by atoms with Gasteiger partial charge in [-0.1, -0.05) is 0 Å². The quantitative estimate of drug-likeness (QED) is 0.722. The van der Waals surface area contributed by atoms with E-state index in [1.807, 2.05) is 19.1 Å². The molecular weight excluding hydrogens is 178 g/mol. The zero-order valence-electron chi connectivity index (χ0n) is 8.87. The molecule has 0 fully saturated rings. The van der Waals surface area contributed by atoms with E-state index >= 15 is 0 Å². The predicted molar refractivity (Wildman–Crippen MR) is 57.4 cm³/mol. The van der Waals surface area contributed by atoms with Gasteiger partial charge in [-0.3, -0.25) is 0 Å². The van der Waals surface area contributed by atoms with Gasteiger partial charge in [0.15, 0.2) is 0 Å². The summed E-state index contributed by atoms with van der Waals surface area (Å²) in [4.78, 5) is 0. The number of aliphatic hydroxyl groups is 1. The number of aryl methyl sites for hydroxylation is 1. The summed E-state index contributed by atoms with van der Waals surface area (Å²) in [5, 5.41) is 9.47. The highest BCUT2D eigenvalue weighted by atomic mass is 16.5. The van der Waals surface area contributed by atoms with E-state index < -0.39 is 5.60 Å². The Morgan fingerprint density at radius 2 is 2.07 bits per heavy atom. The molecule has 0 saturated heterocycles. The minimum atomic E-state index is -0.812. The first kappa shape index (κ1) is 10.9. The lowest BCUT2D eigenvalue weighted by atomic mass is 10.1. The third-order valence-electron chi connectivity index (χ3n) is 1.78. The number of anilines is 1. The highest BCUT2D eigenvalue weighted by molar-refractivity contribution is 5.47. The zero-order valence-corrected chi connectivity index (χ0v) is 8.87. The predicted octanol–water partition coefficient (Wildman–Crippen LogP) is 1.73. The average Bonchev–Trinajstić information content (AvgIpc) is 2.00. The molecule has 0 aliphatic heterocycles. The maximum absolute atomic E-state index is 9.47. The van der Waals surface area contributed by atoms with Crippen molar-refractivity contribution in [2.75, 3.05) is 12.3 Å². The van der Waals surface area contributed by atoms with Gasteiger partial charge in [0.25, 0.3) is 0 Å². The molecule has 1 aromatic carbocycles. The van der Waals surface area contributed by atoms with Crippen LogP contribution in [0.3, 0.4) is 0 Å². The monoisotopic (exact) mass is 195 g/mol. The van der Waals surface area contributed by atoms with Crippen LogP contribution in [0, 0.1) is 6.92 Å². The molecule has 0 aliphatic rings. The van der Waals surface area contributed by atoms with Crippen LogP contribution in [0.5, 0.6) is 5.75 Å². The molecule has 0 amide bonds. The molecule has 1 rings (SSSR count). The van der Waals surface area contributed by atoms with Crippen LogP contribution in [0.1, 0.15) is 19.4 Å². The van der Waals surface area contributed by atoms with Gasteiger partial charge in [0, 0.05) is 5.69 Å². The minimum absolute atomic E-state index is 0.276. The van der Waals surface area contributed by atoms with E-state index in [4.69, 9.17) is 10.5 Å². The molecule has 3 nitrogen and oxygen atoms in total. The lowest BCUT2D eigenvalue weighted by Crippen LogP contribution is -2.28. The SMILES string of the molecule is Cc1cc(N)ccc1OCC(C)(C)O. The van der Waals surface area contributed by atoms with Crippen molar-refractivity contribution in [1.82, 2.24) is 0 Å². The average molecular weight is 195 g/mol. The third-order valence-corrected chi connectivity index (χ3v) is 1.78. The molecule has 0 saturated carbocycles. The van der Waals surface area contributed by atoms with Crippen LogP contribution >= 0.6 is 0 Å². The first-order chi connectivity index (χ1) is 6.38. The fourth-order valence-electron chi connectivity index (χ4n) is 1.09. The van der Waals surface area contributed by atoms with E-state index in [0.29, 0.717) is 0 Å². The van der Waals surface area contributed by atoms with Crippen LogP contribution in [0.25, 0.3) is 0 Å². The molecule has 0 bridgehead atoms. The molecule has 14 heavy (non-hydrogen) atoms. The molecule has 0 unspecified atom stereocenters. The molecule has 78 valence electrons. The molecule has 0 atom stereocenters. The van der Waals surface area contributed by atoms with Crippen LogP contribution in [-0.4, -0.2) is 17.3 Å². The maximum atomic E-state index is 9.47. The van der Waals surface area contributed by atoms with E-state index in [9.17, 15) is 5.11 Å². The summed E-state index contributed by atoms with van der Waals surface area (Å²) >= 11 is 0. The normalized spacial score (nSPS) is 11.4. The second-order valence-electron chi connectivity index (χ2n) is 4.13. The largest absolute Gasteiger partial charge is 0.490 e. The number of hydrogen-bond donors (Lipinski definition) is 2. The lowest BCUT2D eigenvalue weighted by Gasteiger charge is -2.18. The summed E-state index contributed by atoms with van der Waals surface area (Å²) in [7, 11) is 0. The Hall–Kier alpha value is -1.22. The van der Waals surface area contributed by atoms with Gasteiger partial charge in [0.1, 0.15) is 12.4 Å². The molecule has 1 aromatic rings. The van der Waals surface area contributed by atoms with Crippen molar-refractivity contribution in [1.29, 1.82) is 0 Å². The second kappa shape index (κ2) is 3.88. The minimum Gasteiger partial charge on any atom is -0.490 e. The van der Waals surface area contributed by atoms with Gasteiger partial charge >= 0.3 is 0 Å². The van der Waals surface area contributed by atoms with E-state index in [-0.39, 0.29) is 6.61 Å². The van der Waals surface area contributed by atoms with Gasteiger partial charge in [-0.05, 0) is 44.5 Å². The molecule has 0 aromatic heterocycles. The Kier molecular flexibility index (Phi) is 3.01. The Morgan fingerprint density at radius 1 is 1.43 bits per heavy atom. The lowest BCUT2D eigenvalue weighted by molar-refractivity contribution is 0.0283. The first-order valence-electron chi connectivity index (χ1n) is 4.60. The summed E-state index contributed by atoms with van der Waals surface area (Å²) in [6.45, 7) is 5.62. The Bertz CT molecular complexity index is 316. The molecule has 0 spiro atoms.